The van der Waals surface area contributed by atoms with Crippen LogP contribution in [0, 0.1) is 5.92 Å². The molecule has 210 valence electrons. The molecule has 0 saturated carbocycles. The fraction of sp³-hybridized carbons (Fsp3) is 0.444. The van der Waals surface area contributed by atoms with Gasteiger partial charge in [-0.1, -0.05) is 32.6 Å². The Morgan fingerprint density at radius 1 is 1.21 bits per heavy atom. The van der Waals surface area contributed by atoms with E-state index in [1.165, 1.54) is 41.3 Å². The summed E-state index contributed by atoms with van der Waals surface area (Å²) < 4.78 is 4.80. The lowest BCUT2D eigenvalue weighted by Crippen LogP contribution is -2.62. The summed E-state index contributed by atoms with van der Waals surface area (Å²) in [6.07, 6.45) is 3.89. The number of esters is 1. The molecule has 0 aliphatic carbocycles. The summed E-state index contributed by atoms with van der Waals surface area (Å²) in [7, 11) is 1.27. The first-order valence-electron chi connectivity index (χ1n) is 12.7. The number of hydrazine groups is 1. The molecule has 12 nitrogen and oxygen atoms in total. The number of allylic oxidation sites excluding steroid dienone is 1. The van der Waals surface area contributed by atoms with E-state index in [9.17, 15) is 29.1 Å². The van der Waals surface area contributed by atoms with E-state index in [0.717, 1.165) is 0 Å². The Morgan fingerprint density at radius 2 is 1.95 bits per heavy atom. The van der Waals surface area contributed by atoms with Crippen LogP contribution in [0.5, 0.6) is 5.75 Å². The van der Waals surface area contributed by atoms with Crippen LogP contribution in [0.1, 0.15) is 32.3 Å². The normalized spacial score (nSPS) is 18.6. The second-order valence-electron chi connectivity index (χ2n) is 9.81. The molecule has 39 heavy (non-hydrogen) atoms. The summed E-state index contributed by atoms with van der Waals surface area (Å²) in [5, 5.41) is 16.6. The highest BCUT2D eigenvalue weighted by atomic mass is 16.5. The molecule has 2 aliphatic rings. The SMILES string of the molecule is C=C1C=CC(=O)N1CC(=O)N[C@H](C(=O)N[C@@H](Cc1cccc(O)c1)C(=O)N1CCC[C@@H](C(=O)OC)N1)C(C)C. The molecule has 4 amide bonds. The minimum absolute atomic E-state index is 0.00624. The fourth-order valence-corrected chi connectivity index (χ4v) is 4.39. The summed E-state index contributed by atoms with van der Waals surface area (Å²) in [6.45, 7) is 7.21. The van der Waals surface area contributed by atoms with Crippen LogP contribution in [-0.2, 0) is 35.1 Å². The number of methoxy groups -OCH3 is 1. The van der Waals surface area contributed by atoms with E-state index in [2.05, 4.69) is 22.6 Å². The number of rotatable bonds is 10. The molecule has 0 radical (unpaired) electrons. The highest BCUT2D eigenvalue weighted by Crippen LogP contribution is 2.16. The standard InChI is InChI=1S/C27H35N5O7/c1-16(2)24(29-22(34)15-31-17(3)10-11-23(31)35)25(36)28-21(14-18-7-5-8-19(33)13-18)26(37)32-12-6-9-20(30-32)27(38)39-4/h5,7-8,10-11,13,16,20-21,24,30,33H,3,6,9,12,14-15H2,1-2,4H3,(H,28,36)(H,29,34)/t20-,21-,24-/m0/s1. The van der Waals surface area contributed by atoms with Crippen LogP contribution >= 0.6 is 0 Å². The molecule has 3 rings (SSSR count). The first kappa shape index (κ1) is 29.4. The lowest BCUT2D eigenvalue weighted by molar-refractivity contribution is -0.151. The molecule has 0 unspecified atom stereocenters. The van der Waals surface area contributed by atoms with Crippen molar-refractivity contribution < 1.29 is 33.8 Å². The minimum atomic E-state index is -1.08. The molecule has 2 heterocycles. The Balaban J connectivity index is 1.76. The number of hydrogen-bond donors (Lipinski definition) is 4. The molecular formula is C27H35N5O7. The molecule has 1 aromatic rings. The molecule has 2 aliphatic heterocycles. The van der Waals surface area contributed by atoms with Crippen LogP contribution in [0.25, 0.3) is 0 Å². The predicted molar refractivity (Wildman–Crippen MR) is 140 cm³/mol. The lowest BCUT2D eigenvalue weighted by atomic mass is 10.00. The number of phenols is 1. The molecule has 4 N–H and O–H groups in total. The number of nitrogens with one attached hydrogen (secondary N) is 3. The molecule has 1 aromatic carbocycles. The smallest absolute Gasteiger partial charge is 0.324 e. The van der Waals surface area contributed by atoms with Gasteiger partial charge in [0, 0.05) is 24.7 Å². The van der Waals surface area contributed by atoms with Gasteiger partial charge in [0.15, 0.2) is 0 Å². The molecule has 0 spiro atoms. The van der Waals surface area contributed by atoms with Crippen molar-refractivity contribution in [3.8, 4) is 5.75 Å². The summed E-state index contributed by atoms with van der Waals surface area (Å²) in [6, 6.07) is 3.53. The average molecular weight is 542 g/mol. The predicted octanol–water partition coefficient (Wildman–Crippen LogP) is 0.141. The topological polar surface area (TPSA) is 157 Å². The zero-order chi connectivity index (χ0) is 28.7. The monoisotopic (exact) mass is 541 g/mol. The van der Waals surface area contributed by atoms with Gasteiger partial charge in [-0.05, 0) is 42.5 Å². The van der Waals surface area contributed by atoms with E-state index < -0.39 is 41.8 Å². The Labute approximate surface area is 227 Å². The Kier molecular flexibility index (Phi) is 9.83. The van der Waals surface area contributed by atoms with Crippen LogP contribution < -0.4 is 16.1 Å². The van der Waals surface area contributed by atoms with E-state index in [1.54, 1.807) is 26.0 Å². The van der Waals surface area contributed by atoms with Crippen molar-refractivity contribution >= 4 is 29.6 Å². The van der Waals surface area contributed by atoms with Crippen LogP contribution in [0.2, 0.25) is 0 Å². The van der Waals surface area contributed by atoms with Gasteiger partial charge in [-0.25, -0.2) is 5.43 Å². The van der Waals surface area contributed by atoms with Gasteiger partial charge in [0.2, 0.25) is 11.8 Å². The maximum atomic E-state index is 13.6. The van der Waals surface area contributed by atoms with Gasteiger partial charge in [-0.15, -0.1) is 0 Å². The third kappa shape index (κ3) is 7.66. The molecule has 1 fully saturated rings. The number of hydrogen-bond acceptors (Lipinski definition) is 8. The van der Waals surface area contributed by atoms with E-state index in [1.807, 2.05) is 0 Å². The number of carbonyl (C=O) groups is 5. The van der Waals surface area contributed by atoms with Gasteiger partial charge < -0.3 is 25.4 Å². The molecule has 3 atom stereocenters. The van der Waals surface area contributed by atoms with Gasteiger partial charge in [-0.2, -0.15) is 0 Å². The Bertz CT molecular complexity index is 1150. The number of nitrogens with zero attached hydrogens (tertiary/aromatic N) is 2. The minimum Gasteiger partial charge on any atom is -0.508 e. The summed E-state index contributed by atoms with van der Waals surface area (Å²) in [4.78, 5) is 64.9. The second kappa shape index (κ2) is 13.1. The van der Waals surface area contributed by atoms with Gasteiger partial charge in [-0.3, -0.25) is 29.0 Å². The van der Waals surface area contributed by atoms with Crippen molar-refractivity contribution in [2.75, 3.05) is 20.2 Å². The van der Waals surface area contributed by atoms with Gasteiger partial charge >= 0.3 is 5.97 Å². The third-order valence-corrected chi connectivity index (χ3v) is 6.50. The van der Waals surface area contributed by atoms with Gasteiger partial charge in [0.25, 0.3) is 11.8 Å². The first-order valence-corrected chi connectivity index (χ1v) is 12.7. The first-order chi connectivity index (χ1) is 18.5. The van der Waals surface area contributed by atoms with Crippen LogP contribution in [0.15, 0.2) is 48.7 Å². The Hall–Kier alpha value is -4.19. The quantitative estimate of drug-likeness (QED) is 0.305. The number of aromatic hydroxyl groups is 1. The Morgan fingerprint density at radius 3 is 2.56 bits per heavy atom. The molecule has 0 aromatic heterocycles. The maximum Gasteiger partial charge on any atom is 0.324 e. The van der Waals surface area contributed by atoms with Crippen molar-refractivity contribution in [3.63, 3.8) is 0 Å². The van der Waals surface area contributed by atoms with Crippen molar-refractivity contribution in [2.24, 2.45) is 5.92 Å². The second-order valence-corrected chi connectivity index (χ2v) is 9.81. The molecule has 0 bridgehead atoms. The lowest BCUT2D eigenvalue weighted by Gasteiger charge is -2.35. The zero-order valence-electron chi connectivity index (χ0n) is 22.3. The summed E-state index contributed by atoms with van der Waals surface area (Å²) >= 11 is 0. The van der Waals surface area contributed by atoms with Crippen molar-refractivity contribution in [2.45, 2.75) is 51.2 Å². The van der Waals surface area contributed by atoms with Crippen molar-refractivity contribution in [3.05, 3.63) is 54.3 Å². The van der Waals surface area contributed by atoms with E-state index in [0.29, 0.717) is 30.6 Å². The summed E-state index contributed by atoms with van der Waals surface area (Å²) in [5.74, 6) is -2.86. The van der Waals surface area contributed by atoms with Crippen LogP contribution in [-0.4, -0.2) is 82.9 Å². The van der Waals surface area contributed by atoms with E-state index in [-0.39, 0.29) is 30.5 Å². The van der Waals surface area contributed by atoms with Gasteiger partial charge in [0.1, 0.15) is 30.4 Å². The van der Waals surface area contributed by atoms with Crippen molar-refractivity contribution in [1.82, 2.24) is 26.0 Å². The van der Waals surface area contributed by atoms with E-state index in [4.69, 9.17) is 4.74 Å². The van der Waals surface area contributed by atoms with Crippen molar-refractivity contribution in [1.29, 1.82) is 0 Å². The fourth-order valence-electron chi connectivity index (χ4n) is 4.39. The van der Waals surface area contributed by atoms with Crippen LogP contribution in [0.3, 0.4) is 0 Å². The van der Waals surface area contributed by atoms with Gasteiger partial charge in [0.05, 0.1) is 7.11 Å². The maximum absolute atomic E-state index is 13.6. The largest absolute Gasteiger partial charge is 0.508 e. The number of benzene rings is 1. The zero-order valence-corrected chi connectivity index (χ0v) is 22.3. The average Bonchev–Trinajstić information content (AvgIpc) is 3.22. The number of carbonyl (C=O) groups excluding carboxylic acids is 5. The highest BCUT2D eigenvalue weighted by Gasteiger charge is 2.35. The third-order valence-electron chi connectivity index (χ3n) is 6.50. The number of ether oxygens (including phenoxy) is 1. The molecule has 1 saturated heterocycles. The number of amides is 4. The van der Waals surface area contributed by atoms with E-state index >= 15 is 0 Å². The highest BCUT2D eigenvalue weighted by molar-refractivity contribution is 5.97. The van der Waals surface area contributed by atoms with Crippen LogP contribution in [0.4, 0.5) is 0 Å². The number of phenolic OH excluding ortho intramolecular Hbond substituents is 1. The summed E-state index contributed by atoms with van der Waals surface area (Å²) in [5.41, 5.74) is 3.84. The molecular weight excluding hydrogens is 506 g/mol. The molecule has 12 heteroatoms.